The molecule has 0 saturated heterocycles. The summed E-state index contributed by atoms with van der Waals surface area (Å²) in [5.41, 5.74) is 0.607. The summed E-state index contributed by atoms with van der Waals surface area (Å²) >= 11 is 0. The summed E-state index contributed by atoms with van der Waals surface area (Å²) < 4.78 is 10.5. The SMILES string of the molecule is CC(C)(C)c1noc(-c2ccccc2C(=O)NCc2ccc(C(=O)O)o2)n1. The van der Waals surface area contributed by atoms with Gasteiger partial charge in [-0.25, -0.2) is 4.79 Å². The average Bonchev–Trinajstić information content (AvgIpc) is 3.29. The fourth-order valence-corrected chi connectivity index (χ4v) is 2.36. The zero-order valence-electron chi connectivity index (χ0n) is 15.1. The predicted octanol–water partition coefficient (Wildman–Crippen LogP) is 3.26. The highest BCUT2D eigenvalue weighted by Crippen LogP contribution is 2.26. The zero-order valence-corrected chi connectivity index (χ0v) is 15.1. The molecule has 2 heterocycles. The van der Waals surface area contributed by atoms with E-state index in [4.69, 9.17) is 14.0 Å². The van der Waals surface area contributed by atoms with Crippen LogP contribution in [0.2, 0.25) is 0 Å². The van der Waals surface area contributed by atoms with E-state index in [1.54, 1.807) is 24.3 Å². The number of aromatic carboxylic acids is 1. The number of hydrogen-bond acceptors (Lipinski definition) is 6. The molecule has 0 bridgehead atoms. The number of rotatable bonds is 5. The number of nitrogens with one attached hydrogen (secondary N) is 1. The van der Waals surface area contributed by atoms with Crippen molar-refractivity contribution < 1.29 is 23.6 Å². The van der Waals surface area contributed by atoms with E-state index in [0.717, 1.165) is 0 Å². The third-order valence-electron chi connectivity index (χ3n) is 3.79. The molecule has 0 fully saturated rings. The van der Waals surface area contributed by atoms with Crippen LogP contribution in [0.25, 0.3) is 11.5 Å². The van der Waals surface area contributed by atoms with E-state index in [2.05, 4.69) is 15.5 Å². The Bertz CT molecular complexity index is 981. The molecular weight excluding hydrogens is 350 g/mol. The Morgan fingerprint density at radius 2 is 1.89 bits per heavy atom. The first-order valence-corrected chi connectivity index (χ1v) is 8.29. The molecule has 27 heavy (non-hydrogen) atoms. The first-order valence-electron chi connectivity index (χ1n) is 8.29. The van der Waals surface area contributed by atoms with E-state index in [9.17, 15) is 9.59 Å². The van der Waals surface area contributed by atoms with Crippen molar-refractivity contribution in [1.29, 1.82) is 0 Å². The quantitative estimate of drug-likeness (QED) is 0.708. The molecule has 2 aromatic heterocycles. The van der Waals surface area contributed by atoms with Crippen molar-refractivity contribution in [1.82, 2.24) is 15.5 Å². The maximum atomic E-state index is 12.6. The third kappa shape index (κ3) is 4.05. The van der Waals surface area contributed by atoms with Crippen LogP contribution in [0.1, 0.15) is 53.3 Å². The molecule has 0 saturated carbocycles. The van der Waals surface area contributed by atoms with Crippen LogP contribution < -0.4 is 5.32 Å². The molecule has 0 aliphatic heterocycles. The lowest BCUT2D eigenvalue weighted by atomic mass is 9.96. The average molecular weight is 369 g/mol. The van der Waals surface area contributed by atoms with Crippen LogP contribution in [0.5, 0.6) is 0 Å². The number of benzene rings is 1. The molecular formula is C19H19N3O5. The second-order valence-corrected chi connectivity index (χ2v) is 6.97. The maximum Gasteiger partial charge on any atom is 0.371 e. The summed E-state index contributed by atoms with van der Waals surface area (Å²) in [6.45, 7) is 5.95. The molecule has 0 atom stereocenters. The van der Waals surface area contributed by atoms with Crippen LogP contribution >= 0.6 is 0 Å². The summed E-state index contributed by atoms with van der Waals surface area (Å²) in [7, 11) is 0. The largest absolute Gasteiger partial charge is 0.475 e. The Hall–Kier alpha value is -3.42. The number of carbonyl (C=O) groups is 2. The molecule has 1 amide bonds. The second-order valence-electron chi connectivity index (χ2n) is 6.97. The highest BCUT2D eigenvalue weighted by Gasteiger charge is 2.23. The highest BCUT2D eigenvalue weighted by atomic mass is 16.5. The molecule has 3 aromatic rings. The van der Waals surface area contributed by atoms with Crippen LogP contribution in [0.3, 0.4) is 0 Å². The van der Waals surface area contributed by atoms with Crippen molar-refractivity contribution >= 4 is 11.9 Å². The van der Waals surface area contributed by atoms with Crippen molar-refractivity contribution in [2.45, 2.75) is 32.7 Å². The number of carboxylic acid groups (broad SMARTS) is 1. The topological polar surface area (TPSA) is 118 Å². The molecule has 8 heteroatoms. The van der Waals surface area contributed by atoms with Crippen molar-refractivity contribution in [2.75, 3.05) is 0 Å². The maximum absolute atomic E-state index is 12.6. The zero-order chi connectivity index (χ0) is 19.6. The van der Waals surface area contributed by atoms with E-state index in [1.165, 1.54) is 12.1 Å². The molecule has 0 unspecified atom stereocenters. The van der Waals surface area contributed by atoms with Gasteiger partial charge in [-0.1, -0.05) is 38.1 Å². The fraction of sp³-hybridized carbons (Fsp3) is 0.263. The van der Waals surface area contributed by atoms with E-state index >= 15 is 0 Å². The first-order chi connectivity index (χ1) is 12.8. The van der Waals surface area contributed by atoms with Crippen molar-refractivity contribution in [3.63, 3.8) is 0 Å². The number of amides is 1. The van der Waals surface area contributed by atoms with Gasteiger partial charge in [-0.05, 0) is 24.3 Å². The lowest BCUT2D eigenvalue weighted by Gasteiger charge is -2.11. The summed E-state index contributed by atoms with van der Waals surface area (Å²) in [4.78, 5) is 27.8. The smallest absolute Gasteiger partial charge is 0.371 e. The van der Waals surface area contributed by atoms with Gasteiger partial charge < -0.3 is 19.4 Å². The van der Waals surface area contributed by atoms with Gasteiger partial charge in [0.05, 0.1) is 17.7 Å². The van der Waals surface area contributed by atoms with Gasteiger partial charge in [0.1, 0.15) is 5.76 Å². The van der Waals surface area contributed by atoms with Gasteiger partial charge in [0, 0.05) is 5.41 Å². The third-order valence-corrected chi connectivity index (χ3v) is 3.79. The molecule has 8 nitrogen and oxygen atoms in total. The van der Waals surface area contributed by atoms with Gasteiger partial charge in [0.15, 0.2) is 5.82 Å². The molecule has 1 aromatic carbocycles. The van der Waals surface area contributed by atoms with Gasteiger partial charge in [0.25, 0.3) is 11.8 Å². The Kier molecular flexibility index (Phi) is 4.81. The molecule has 2 N–H and O–H groups in total. The lowest BCUT2D eigenvalue weighted by Crippen LogP contribution is -2.23. The molecule has 0 radical (unpaired) electrons. The standard InChI is InChI=1S/C19H19N3O5/c1-19(2,3)18-21-16(27-22-18)13-7-5-4-6-12(13)15(23)20-10-11-8-9-14(26-11)17(24)25/h4-9H,10H2,1-3H3,(H,20,23)(H,24,25). The Morgan fingerprint density at radius 3 is 2.52 bits per heavy atom. The van der Waals surface area contributed by atoms with Gasteiger partial charge in [-0.3, -0.25) is 4.79 Å². The summed E-state index contributed by atoms with van der Waals surface area (Å²) in [6, 6.07) is 9.72. The van der Waals surface area contributed by atoms with Gasteiger partial charge >= 0.3 is 5.97 Å². The minimum Gasteiger partial charge on any atom is -0.475 e. The van der Waals surface area contributed by atoms with E-state index in [-0.39, 0.29) is 29.5 Å². The Balaban J connectivity index is 1.79. The molecule has 0 aliphatic carbocycles. The number of carboxylic acids is 1. The summed E-state index contributed by atoms with van der Waals surface area (Å²) in [5.74, 6) is -0.564. The number of carbonyl (C=O) groups excluding carboxylic acids is 1. The summed E-state index contributed by atoms with van der Waals surface area (Å²) in [5, 5.41) is 15.6. The van der Waals surface area contributed by atoms with Crippen molar-refractivity contribution in [2.24, 2.45) is 0 Å². The molecule has 3 rings (SSSR count). The number of aromatic nitrogens is 2. The fourth-order valence-electron chi connectivity index (χ4n) is 2.36. The first kappa shape index (κ1) is 18.4. The van der Waals surface area contributed by atoms with Gasteiger partial charge in [-0.15, -0.1) is 0 Å². The van der Waals surface area contributed by atoms with Crippen LogP contribution in [-0.2, 0) is 12.0 Å². The van der Waals surface area contributed by atoms with E-state index in [0.29, 0.717) is 22.7 Å². The summed E-state index contributed by atoms with van der Waals surface area (Å²) in [6.07, 6.45) is 0. The lowest BCUT2D eigenvalue weighted by molar-refractivity contribution is 0.0660. The van der Waals surface area contributed by atoms with Crippen molar-refractivity contribution in [3.8, 4) is 11.5 Å². The van der Waals surface area contributed by atoms with Crippen LogP contribution in [-0.4, -0.2) is 27.1 Å². The predicted molar refractivity (Wildman–Crippen MR) is 95.3 cm³/mol. The van der Waals surface area contributed by atoms with E-state index in [1.807, 2.05) is 20.8 Å². The number of hydrogen-bond donors (Lipinski definition) is 2. The van der Waals surface area contributed by atoms with Crippen LogP contribution in [0.4, 0.5) is 0 Å². The molecule has 140 valence electrons. The normalized spacial score (nSPS) is 11.4. The second kappa shape index (κ2) is 7.06. The number of furan rings is 1. The molecule has 0 aliphatic rings. The van der Waals surface area contributed by atoms with Crippen LogP contribution in [0.15, 0.2) is 45.3 Å². The minimum atomic E-state index is -1.16. The van der Waals surface area contributed by atoms with E-state index < -0.39 is 5.97 Å². The Labute approximate surface area is 155 Å². The highest BCUT2D eigenvalue weighted by molar-refractivity contribution is 5.99. The van der Waals surface area contributed by atoms with Gasteiger partial charge in [0.2, 0.25) is 5.76 Å². The minimum absolute atomic E-state index is 0.0531. The molecule has 0 spiro atoms. The monoisotopic (exact) mass is 369 g/mol. The number of nitrogens with zero attached hydrogens (tertiary/aromatic N) is 2. The van der Waals surface area contributed by atoms with Crippen molar-refractivity contribution in [3.05, 3.63) is 59.3 Å². The van der Waals surface area contributed by atoms with Crippen LogP contribution in [0, 0.1) is 0 Å². The van der Waals surface area contributed by atoms with Gasteiger partial charge in [-0.2, -0.15) is 4.98 Å². The Morgan fingerprint density at radius 1 is 1.15 bits per heavy atom.